The molecule has 3 N–H and O–H groups in total. The van der Waals surface area contributed by atoms with Crippen LogP contribution in [-0.4, -0.2) is 12.5 Å². The molecule has 0 heterocycles. The Hall–Kier alpha value is -2.63. The molecule has 0 saturated carbocycles. The SMILES string of the molecule is CCOc1ccc(NC(=O)c2c(F)ccc(N)c2F)cc1. The van der Waals surface area contributed by atoms with Gasteiger partial charge in [0.25, 0.3) is 5.91 Å². The van der Waals surface area contributed by atoms with Gasteiger partial charge in [-0.2, -0.15) is 0 Å². The van der Waals surface area contributed by atoms with Crippen LogP contribution in [0.15, 0.2) is 36.4 Å². The minimum atomic E-state index is -1.07. The number of benzene rings is 2. The van der Waals surface area contributed by atoms with Gasteiger partial charge in [0.05, 0.1) is 12.3 Å². The minimum absolute atomic E-state index is 0.284. The summed E-state index contributed by atoms with van der Waals surface area (Å²) in [6.07, 6.45) is 0. The molecule has 0 fully saturated rings. The fraction of sp³-hybridized carbons (Fsp3) is 0.133. The number of nitrogens with two attached hydrogens (primary N) is 1. The van der Waals surface area contributed by atoms with Crippen LogP contribution < -0.4 is 15.8 Å². The summed E-state index contributed by atoms with van der Waals surface area (Å²) in [7, 11) is 0. The Bertz CT molecular complexity index is 657. The van der Waals surface area contributed by atoms with Crippen LogP contribution in [0.4, 0.5) is 20.2 Å². The molecule has 0 aliphatic rings. The molecule has 0 aromatic heterocycles. The summed E-state index contributed by atoms with van der Waals surface area (Å²) in [6.45, 7) is 2.37. The highest BCUT2D eigenvalue weighted by atomic mass is 19.1. The maximum absolute atomic E-state index is 13.7. The van der Waals surface area contributed by atoms with Gasteiger partial charge in [-0.3, -0.25) is 4.79 Å². The molecule has 2 rings (SSSR count). The van der Waals surface area contributed by atoms with Crippen LogP contribution in [0.5, 0.6) is 5.75 Å². The number of carbonyl (C=O) groups is 1. The van der Waals surface area contributed by atoms with E-state index in [-0.39, 0.29) is 5.69 Å². The lowest BCUT2D eigenvalue weighted by Gasteiger charge is -2.09. The van der Waals surface area contributed by atoms with Crippen molar-refractivity contribution >= 4 is 17.3 Å². The molecular formula is C15H14F2N2O2. The number of hydrogen-bond donors (Lipinski definition) is 2. The summed E-state index contributed by atoms with van der Waals surface area (Å²) < 4.78 is 32.6. The number of amides is 1. The molecule has 2 aromatic carbocycles. The molecule has 0 aliphatic carbocycles. The van der Waals surface area contributed by atoms with Gasteiger partial charge in [0.2, 0.25) is 0 Å². The molecule has 0 aliphatic heterocycles. The molecule has 0 spiro atoms. The molecule has 0 unspecified atom stereocenters. The molecule has 110 valence electrons. The first kappa shape index (κ1) is 14.8. The summed E-state index contributed by atoms with van der Waals surface area (Å²) in [5.41, 5.74) is 4.74. The van der Waals surface area contributed by atoms with Crippen molar-refractivity contribution in [2.24, 2.45) is 0 Å². The Kier molecular flexibility index (Phi) is 4.37. The second-order valence-corrected chi connectivity index (χ2v) is 4.24. The van der Waals surface area contributed by atoms with Crippen molar-refractivity contribution in [2.45, 2.75) is 6.92 Å². The van der Waals surface area contributed by atoms with Crippen molar-refractivity contribution in [1.29, 1.82) is 0 Å². The maximum Gasteiger partial charge on any atom is 0.261 e. The fourth-order valence-corrected chi connectivity index (χ4v) is 1.77. The van der Waals surface area contributed by atoms with Crippen molar-refractivity contribution in [2.75, 3.05) is 17.7 Å². The van der Waals surface area contributed by atoms with Crippen LogP contribution in [0.1, 0.15) is 17.3 Å². The number of rotatable bonds is 4. The number of halogens is 2. The van der Waals surface area contributed by atoms with Gasteiger partial charge in [-0.05, 0) is 43.3 Å². The van der Waals surface area contributed by atoms with Crippen molar-refractivity contribution in [3.05, 3.63) is 53.6 Å². The number of nitrogens with one attached hydrogen (secondary N) is 1. The molecular weight excluding hydrogens is 278 g/mol. The Morgan fingerprint density at radius 1 is 1.19 bits per heavy atom. The van der Waals surface area contributed by atoms with Crippen molar-refractivity contribution in [3.8, 4) is 5.75 Å². The molecule has 6 heteroatoms. The Labute approximate surface area is 120 Å². The third kappa shape index (κ3) is 3.28. The zero-order valence-electron chi connectivity index (χ0n) is 11.3. The summed E-state index contributed by atoms with van der Waals surface area (Å²) in [5, 5.41) is 2.41. The van der Waals surface area contributed by atoms with E-state index in [1.54, 1.807) is 24.3 Å². The van der Waals surface area contributed by atoms with Crippen LogP contribution in [0.25, 0.3) is 0 Å². The normalized spacial score (nSPS) is 10.2. The van der Waals surface area contributed by atoms with E-state index in [1.807, 2.05) is 6.92 Å². The fourth-order valence-electron chi connectivity index (χ4n) is 1.77. The van der Waals surface area contributed by atoms with Crippen LogP contribution in [0, 0.1) is 11.6 Å². The molecule has 4 nitrogen and oxygen atoms in total. The summed E-state index contributed by atoms with van der Waals surface area (Å²) in [5.74, 6) is -2.30. The van der Waals surface area contributed by atoms with Crippen LogP contribution in [0.3, 0.4) is 0 Å². The first-order valence-electron chi connectivity index (χ1n) is 6.30. The van der Waals surface area contributed by atoms with Crippen LogP contribution >= 0.6 is 0 Å². The third-order valence-corrected chi connectivity index (χ3v) is 2.77. The molecule has 0 saturated heterocycles. The van der Waals surface area contributed by atoms with Crippen LogP contribution in [-0.2, 0) is 0 Å². The van der Waals surface area contributed by atoms with Gasteiger partial charge in [0, 0.05) is 5.69 Å². The predicted octanol–water partition coefficient (Wildman–Crippen LogP) is 3.20. The largest absolute Gasteiger partial charge is 0.494 e. The number of carbonyl (C=O) groups excluding carboxylic acids is 1. The lowest BCUT2D eigenvalue weighted by atomic mass is 10.1. The van der Waals surface area contributed by atoms with Crippen molar-refractivity contribution < 1.29 is 18.3 Å². The zero-order chi connectivity index (χ0) is 15.4. The first-order chi connectivity index (χ1) is 10.0. The van der Waals surface area contributed by atoms with Gasteiger partial charge in [0.1, 0.15) is 17.1 Å². The van der Waals surface area contributed by atoms with Crippen LogP contribution in [0.2, 0.25) is 0 Å². The second kappa shape index (κ2) is 6.21. The van der Waals surface area contributed by atoms with E-state index in [0.717, 1.165) is 12.1 Å². The van der Waals surface area contributed by atoms with Gasteiger partial charge in [-0.15, -0.1) is 0 Å². The van der Waals surface area contributed by atoms with E-state index >= 15 is 0 Å². The van der Waals surface area contributed by atoms with E-state index in [2.05, 4.69) is 5.32 Å². The van der Waals surface area contributed by atoms with Gasteiger partial charge in [0.15, 0.2) is 5.82 Å². The molecule has 0 atom stereocenters. The zero-order valence-corrected chi connectivity index (χ0v) is 11.3. The second-order valence-electron chi connectivity index (χ2n) is 4.24. The topological polar surface area (TPSA) is 64.3 Å². The molecule has 21 heavy (non-hydrogen) atoms. The summed E-state index contributed by atoms with van der Waals surface area (Å²) in [6, 6.07) is 8.45. The summed E-state index contributed by atoms with van der Waals surface area (Å²) >= 11 is 0. The standard InChI is InChI=1S/C15H14F2N2O2/c1-2-21-10-5-3-9(4-6-10)19-15(20)13-11(16)7-8-12(18)14(13)17/h3-8H,2,18H2,1H3,(H,19,20). The van der Waals surface area contributed by atoms with Gasteiger partial charge < -0.3 is 15.8 Å². The monoisotopic (exact) mass is 292 g/mol. The number of ether oxygens (including phenoxy) is 1. The first-order valence-corrected chi connectivity index (χ1v) is 6.30. The average molecular weight is 292 g/mol. The molecule has 0 bridgehead atoms. The number of anilines is 2. The van der Waals surface area contributed by atoms with E-state index in [9.17, 15) is 13.6 Å². The maximum atomic E-state index is 13.7. The van der Waals surface area contributed by atoms with Crippen molar-refractivity contribution in [1.82, 2.24) is 0 Å². The highest BCUT2D eigenvalue weighted by Crippen LogP contribution is 2.21. The Morgan fingerprint density at radius 3 is 2.48 bits per heavy atom. The Morgan fingerprint density at radius 2 is 1.86 bits per heavy atom. The van der Waals surface area contributed by atoms with E-state index < -0.39 is 23.1 Å². The number of hydrogen-bond acceptors (Lipinski definition) is 3. The Balaban J connectivity index is 2.20. The molecule has 0 radical (unpaired) electrons. The quantitative estimate of drug-likeness (QED) is 0.851. The molecule has 1 amide bonds. The minimum Gasteiger partial charge on any atom is -0.494 e. The number of nitrogen functional groups attached to an aromatic ring is 1. The van der Waals surface area contributed by atoms with E-state index in [1.165, 1.54) is 0 Å². The predicted molar refractivity (Wildman–Crippen MR) is 76.3 cm³/mol. The lowest BCUT2D eigenvalue weighted by molar-refractivity contribution is 0.101. The van der Waals surface area contributed by atoms with Gasteiger partial charge in [-0.1, -0.05) is 0 Å². The molecule has 2 aromatic rings. The van der Waals surface area contributed by atoms with Gasteiger partial charge in [-0.25, -0.2) is 8.78 Å². The van der Waals surface area contributed by atoms with E-state index in [4.69, 9.17) is 10.5 Å². The van der Waals surface area contributed by atoms with Crippen molar-refractivity contribution in [3.63, 3.8) is 0 Å². The average Bonchev–Trinajstić information content (AvgIpc) is 2.46. The van der Waals surface area contributed by atoms with Gasteiger partial charge >= 0.3 is 0 Å². The highest BCUT2D eigenvalue weighted by molar-refractivity contribution is 6.05. The highest BCUT2D eigenvalue weighted by Gasteiger charge is 2.19. The summed E-state index contributed by atoms with van der Waals surface area (Å²) in [4.78, 5) is 11.9. The van der Waals surface area contributed by atoms with E-state index in [0.29, 0.717) is 18.0 Å². The smallest absolute Gasteiger partial charge is 0.261 e. The third-order valence-electron chi connectivity index (χ3n) is 2.77. The lowest BCUT2D eigenvalue weighted by Crippen LogP contribution is -2.16.